The van der Waals surface area contributed by atoms with Gasteiger partial charge in [-0.2, -0.15) is 0 Å². The smallest absolute Gasteiger partial charge is 0.210 e. The van der Waals surface area contributed by atoms with Crippen molar-refractivity contribution in [3.05, 3.63) is 72.6 Å². The molecule has 0 spiro atoms. The molecule has 0 N–H and O–H groups in total. The van der Waals surface area contributed by atoms with Gasteiger partial charge in [-0.25, -0.2) is 4.39 Å². The molecule has 3 rings (SSSR count). The predicted molar refractivity (Wildman–Crippen MR) is 112 cm³/mol. The third-order valence-corrected chi connectivity index (χ3v) is 4.62. The second kappa shape index (κ2) is 13.9. The number of carbonyl (C=O) groups is 1. The van der Waals surface area contributed by atoms with Crippen LogP contribution in [0.15, 0.2) is 66.8 Å². The van der Waals surface area contributed by atoms with Gasteiger partial charge < -0.3 is 14.4 Å². The number of rotatable bonds is 4. The number of hydrogen-bond acceptors (Lipinski definition) is 3. The van der Waals surface area contributed by atoms with Gasteiger partial charge in [0.1, 0.15) is 5.82 Å². The van der Waals surface area contributed by atoms with Crippen molar-refractivity contribution in [1.82, 2.24) is 4.90 Å². The molecule has 4 nitrogen and oxygen atoms in total. The van der Waals surface area contributed by atoms with Gasteiger partial charge in [-0.3, -0.25) is 4.79 Å². The molecule has 2 aliphatic rings. The minimum atomic E-state index is -0.178. The van der Waals surface area contributed by atoms with E-state index in [1.165, 1.54) is 17.7 Å². The highest BCUT2D eigenvalue weighted by molar-refractivity contribution is 5.50. The fraction of sp³-hybridized carbons (Fsp3) is 0.435. The van der Waals surface area contributed by atoms with Crippen LogP contribution < -0.4 is 0 Å². The number of nitrogens with zero attached hydrogens (tertiary/aromatic N) is 1. The quantitative estimate of drug-likeness (QED) is 0.710. The Labute approximate surface area is 168 Å². The molecule has 1 aromatic rings. The van der Waals surface area contributed by atoms with Gasteiger partial charge in [0.25, 0.3) is 0 Å². The molecular weight excluding hydrogens is 357 g/mol. The van der Waals surface area contributed by atoms with E-state index >= 15 is 0 Å². The lowest BCUT2D eigenvalue weighted by atomic mass is 10.0. The maximum absolute atomic E-state index is 11.9. The fourth-order valence-electron chi connectivity index (χ4n) is 2.80. The van der Waals surface area contributed by atoms with Gasteiger partial charge in [0.2, 0.25) is 6.41 Å². The van der Waals surface area contributed by atoms with Crippen LogP contribution in [0, 0.1) is 5.82 Å². The van der Waals surface area contributed by atoms with Crippen LogP contribution in [0.5, 0.6) is 0 Å². The Bertz CT molecular complexity index is 622. The second-order valence-corrected chi connectivity index (χ2v) is 6.66. The summed E-state index contributed by atoms with van der Waals surface area (Å²) >= 11 is 0. The first kappa shape index (κ1) is 23.8. The van der Waals surface area contributed by atoms with Crippen molar-refractivity contribution in [2.45, 2.75) is 38.4 Å². The molecule has 1 aromatic carbocycles. The summed E-state index contributed by atoms with van der Waals surface area (Å²) in [5.74, 6) is -0.178. The Kier molecular flexibility index (Phi) is 11.8. The number of amides is 1. The van der Waals surface area contributed by atoms with Crippen molar-refractivity contribution < 1.29 is 18.7 Å². The number of methoxy groups -OCH3 is 1. The van der Waals surface area contributed by atoms with Crippen molar-refractivity contribution in [3.8, 4) is 0 Å². The Morgan fingerprint density at radius 3 is 2.29 bits per heavy atom. The van der Waals surface area contributed by atoms with E-state index in [1.807, 2.05) is 6.08 Å². The molecule has 0 aliphatic carbocycles. The van der Waals surface area contributed by atoms with Crippen LogP contribution in [-0.4, -0.2) is 50.3 Å². The molecule has 1 saturated heterocycles. The first-order chi connectivity index (χ1) is 13.5. The Hall–Kier alpha value is -2.24. The van der Waals surface area contributed by atoms with Gasteiger partial charge in [-0.1, -0.05) is 43.5 Å². The van der Waals surface area contributed by atoms with Crippen molar-refractivity contribution in [2.75, 3.05) is 26.8 Å². The fourth-order valence-corrected chi connectivity index (χ4v) is 2.80. The zero-order valence-electron chi connectivity index (χ0n) is 17.0. The van der Waals surface area contributed by atoms with Gasteiger partial charge in [-0.15, -0.1) is 0 Å². The normalized spacial score (nSPS) is 21.5. The second-order valence-electron chi connectivity index (χ2n) is 6.66. The first-order valence-corrected chi connectivity index (χ1v) is 9.55. The molecule has 0 saturated carbocycles. The Morgan fingerprint density at radius 2 is 1.86 bits per heavy atom. The molecule has 2 heterocycles. The first-order valence-electron chi connectivity index (χ1n) is 9.55. The van der Waals surface area contributed by atoms with E-state index in [0.717, 1.165) is 44.4 Å². The van der Waals surface area contributed by atoms with Crippen LogP contribution in [-0.2, 0) is 14.3 Å². The summed E-state index contributed by atoms with van der Waals surface area (Å²) in [4.78, 5) is 12.2. The summed E-state index contributed by atoms with van der Waals surface area (Å²) < 4.78 is 22.4. The predicted octanol–water partition coefficient (Wildman–Crippen LogP) is 4.54. The third kappa shape index (κ3) is 9.11. The molecule has 0 radical (unpaired) electrons. The summed E-state index contributed by atoms with van der Waals surface area (Å²) in [6, 6.07) is 7.94. The maximum atomic E-state index is 11.9. The van der Waals surface area contributed by atoms with Crippen LogP contribution >= 0.6 is 0 Å². The summed E-state index contributed by atoms with van der Waals surface area (Å²) in [7, 11) is 1.74. The summed E-state index contributed by atoms with van der Waals surface area (Å²) in [6.45, 7) is 11.8. The molecule has 154 valence electrons. The topological polar surface area (TPSA) is 38.8 Å². The minimum Gasteiger partial charge on any atom is -0.379 e. The standard InChI is InChI=1S/C10H13NO.C7H14O2.C6H5F/c1-3-9-5-6-11(8-12)7-10(9)4-2;1-6-3-4-7(8-2)5-9-6;7-6-4-2-1-3-5-6/h3-4,8H,1-2,5-7H2;6-7H,3-5H2,1-2H3;1-5H. The maximum Gasteiger partial charge on any atom is 0.210 e. The number of allylic oxidation sites excluding steroid dienone is 1. The molecule has 0 bridgehead atoms. The SMILES string of the molecule is C=CC1=C(C=C)CN(C=O)CC1.COC1CCC(C)OC1.Fc1ccccc1. The largest absolute Gasteiger partial charge is 0.379 e. The highest BCUT2D eigenvalue weighted by Crippen LogP contribution is 2.18. The molecule has 1 fully saturated rings. The third-order valence-electron chi connectivity index (χ3n) is 4.62. The van der Waals surface area contributed by atoms with Crippen LogP contribution in [0.3, 0.4) is 0 Å². The zero-order chi connectivity index (χ0) is 20.8. The number of benzene rings is 1. The highest BCUT2D eigenvalue weighted by atomic mass is 19.1. The molecule has 2 aliphatic heterocycles. The van der Waals surface area contributed by atoms with E-state index in [2.05, 4.69) is 20.1 Å². The lowest BCUT2D eigenvalue weighted by Gasteiger charge is -2.25. The monoisotopic (exact) mass is 389 g/mol. The molecule has 5 heteroatoms. The lowest BCUT2D eigenvalue weighted by Crippen LogP contribution is -2.29. The molecule has 2 unspecified atom stereocenters. The molecule has 0 aromatic heterocycles. The van der Waals surface area contributed by atoms with Crippen LogP contribution in [0.1, 0.15) is 26.2 Å². The van der Waals surface area contributed by atoms with Crippen molar-refractivity contribution in [2.24, 2.45) is 0 Å². The summed E-state index contributed by atoms with van der Waals surface area (Å²) in [6.07, 6.45) is 8.49. The lowest BCUT2D eigenvalue weighted by molar-refractivity contribution is -0.117. The molecular formula is C23H32FNO3. The van der Waals surface area contributed by atoms with Gasteiger partial charge in [-0.05, 0) is 49.5 Å². The Morgan fingerprint density at radius 1 is 1.18 bits per heavy atom. The van der Waals surface area contributed by atoms with E-state index < -0.39 is 0 Å². The number of hydrogen-bond donors (Lipinski definition) is 0. The van der Waals surface area contributed by atoms with Crippen molar-refractivity contribution >= 4 is 6.41 Å². The van der Waals surface area contributed by atoms with Crippen molar-refractivity contribution in [1.29, 1.82) is 0 Å². The summed E-state index contributed by atoms with van der Waals surface area (Å²) in [5.41, 5.74) is 2.33. The van der Waals surface area contributed by atoms with Crippen molar-refractivity contribution in [3.63, 3.8) is 0 Å². The number of carbonyl (C=O) groups excluding carboxylic acids is 1. The van der Waals surface area contributed by atoms with E-state index in [-0.39, 0.29) is 5.82 Å². The average molecular weight is 390 g/mol. The molecule has 1 amide bonds. The Balaban J connectivity index is 0.000000218. The van der Waals surface area contributed by atoms with Crippen LogP contribution in [0.4, 0.5) is 4.39 Å². The van der Waals surface area contributed by atoms with Crippen LogP contribution in [0.25, 0.3) is 0 Å². The van der Waals surface area contributed by atoms with Gasteiger partial charge in [0.05, 0.1) is 18.8 Å². The van der Waals surface area contributed by atoms with Gasteiger partial charge in [0.15, 0.2) is 0 Å². The zero-order valence-corrected chi connectivity index (χ0v) is 17.0. The van der Waals surface area contributed by atoms with E-state index in [1.54, 1.807) is 36.3 Å². The van der Waals surface area contributed by atoms with E-state index in [4.69, 9.17) is 9.47 Å². The van der Waals surface area contributed by atoms with Crippen LogP contribution in [0.2, 0.25) is 0 Å². The van der Waals surface area contributed by atoms with E-state index in [0.29, 0.717) is 18.8 Å². The van der Waals surface area contributed by atoms with E-state index in [9.17, 15) is 9.18 Å². The number of ether oxygens (including phenoxy) is 2. The summed E-state index contributed by atoms with van der Waals surface area (Å²) in [5, 5.41) is 0. The number of halogens is 1. The van der Waals surface area contributed by atoms with Gasteiger partial charge in [0, 0.05) is 20.2 Å². The average Bonchev–Trinajstić information content (AvgIpc) is 2.75. The molecule has 2 atom stereocenters. The molecule has 28 heavy (non-hydrogen) atoms. The van der Waals surface area contributed by atoms with Gasteiger partial charge >= 0.3 is 0 Å². The highest BCUT2D eigenvalue weighted by Gasteiger charge is 2.17. The minimum absolute atomic E-state index is 0.178.